The Labute approximate surface area is 183 Å². The number of aliphatic hydroxyl groups is 2. The number of aromatic nitrogens is 2. The summed E-state index contributed by atoms with van der Waals surface area (Å²) in [5.74, 6) is -1.02. The molecule has 2 N–H and O–H groups in total. The number of aliphatic hydroxyl groups excluding tert-OH is 2. The molecular weight excluding hydrogens is 425 g/mol. The predicted molar refractivity (Wildman–Crippen MR) is 112 cm³/mol. The Morgan fingerprint density at radius 3 is 2.35 bits per heavy atom. The van der Waals surface area contributed by atoms with Crippen molar-refractivity contribution in [2.75, 3.05) is 18.9 Å². The van der Waals surface area contributed by atoms with Gasteiger partial charge in [0.1, 0.15) is 0 Å². The van der Waals surface area contributed by atoms with E-state index in [0.717, 1.165) is 6.42 Å². The van der Waals surface area contributed by atoms with Crippen molar-refractivity contribution in [1.29, 1.82) is 0 Å². The molecule has 0 saturated carbocycles. The highest BCUT2D eigenvalue weighted by molar-refractivity contribution is 7.91. The lowest BCUT2D eigenvalue weighted by Gasteiger charge is -2.36. The molecule has 12 heteroatoms. The van der Waals surface area contributed by atoms with E-state index in [4.69, 9.17) is 14.4 Å². The minimum absolute atomic E-state index is 0.331. The van der Waals surface area contributed by atoms with Crippen LogP contribution in [0.25, 0.3) is 0 Å². The van der Waals surface area contributed by atoms with E-state index in [2.05, 4.69) is 9.97 Å². The first-order valence-electron chi connectivity index (χ1n) is 10.4. The van der Waals surface area contributed by atoms with E-state index in [0.29, 0.717) is 24.8 Å². The van der Waals surface area contributed by atoms with E-state index >= 15 is 0 Å². The summed E-state index contributed by atoms with van der Waals surface area (Å²) in [5.41, 5.74) is -0.574. The third-order valence-corrected chi connectivity index (χ3v) is 7.82. The van der Waals surface area contributed by atoms with Gasteiger partial charge in [0.25, 0.3) is 5.91 Å². The van der Waals surface area contributed by atoms with Crippen molar-refractivity contribution < 1.29 is 32.7 Å². The van der Waals surface area contributed by atoms with E-state index in [9.17, 15) is 18.3 Å². The number of hydrogen-bond acceptors (Lipinski definition) is 9. The average Bonchev–Trinajstić information content (AvgIpc) is 2.94. The summed E-state index contributed by atoms with van der Waals surface area (Å²) < 4.78 is 37.7. The van der Waals surface area contributed by atoms with Crippen LogP contribution < -0.4 is 5.46 Å². The van der Waals surface area contributed by atoms with E-state index in [1.165, 1.54) is 17.3 Å². The van der Waals surface area contributed by atoms with E-state index < -0.39 is 52.8 Å². The molecular formula is C19H30BN3O7S. The van der Waals surface area contributed by atoms with Gasteiger partial charge in [-0.15, -0.1) is 0 Å². The van der Waals surface area contributed by atoms with Crippen LogP contribution in [0.5, 0.6) is 0 Å². The van der Waals surface area contributed by atoms with Gasteiger partial charge in [-0.3, -0.25) is 4.79 Å². The molecule has 2 fully saturated rings. The Kier molecular flexibility index (Phi) is 6.78. The van der Waals surface area contributed by atoms with Crippen LogP contribution in [0.2, 0.25) is 0 Å². The molecule has 172 valence electrons. The third kappa shape index (κ3) is 4.93. The maximum atomic E-state index is 12.9. The van der Waals surface area contributed by atoms with Crippen molar-refractivity contribution in [3.63, 3.8) is 0 Å². The Morgan fingerprint density at radius 2 is 1.81 bits per heavy atom. The number of amides is 1. The second-order valence-corrected chi connectivity index (χ2v) is 11.0. The summed E-state index contributed by atoms with van der Waals surface area (Å²) in [7, 11) is -4.59. The van der Waals surface area contributed by atoms with Crippen LogP contribution in [0.15, 0.2) is 17.6 Å². The molecule has 10 nitrogen and oxygen atoms in total. The minimum Gasteiger partial charge on any atom is -0.399 e. The van der Waals surface area contributed by atoms with Crippen LogP contribution in [-0.2, 0) is 23.9 Å². The summed E-state index contributed by atoms with van der Waals surface area (Å²) in [6, 6.07) is -0.612. The number of rotatable bonds is 6. The molecule has 31 heavy (non-hydrogen) atoms. The molecule has 0 radical (unpaired) electrons. The molecule has 0 unspecified atom stereocenters. The minimum atomic E-state index is -3.89. The molecule has 3 rings (SSSR count). The molecule has 0 aromatic carbocycles. The molecule has 2 saturated heterocycles. The quantitative estimate of drug-likeness (QED) is 0.420. The molecule has 1 aromatic heterocycles. The number of carbonyl (C=O) groups is 1. The zero-order valence-electron chi connectivity index (χ0n) is 18.3. The normalized spacial score (nSPS) is 24.3. The van der Waals surface area contributed by atoms with E-state index in [1.807, 2.05) is 27.7 Å². The first kappa shape index (κ1) is 24.1. The van der Waals surface area contributed by atoms with Crippen molar-refractivity contribution in [2.24, 2.45) is 0 Å². The molecule has 1 amide bonds. The van der Waals surface area contributed by atoms with E-state index in [-0.39, 0.29) is 10.9 Å². The summed E-state index contributed by atoms with van der Waals surface area (Å²) in [5, 5.41) is 18.4. The fraction of sp³-hybridized carbons (Fsp3) is 0.737. The number of likely N-dealkylation sites (tertiary alicyclic amines) is 1. The maximum Gasteiger partial charge on any atom is 0.498 e. The summed E-state index contributed by atoms with van der Waals surface area (Å²) in [4.78, 5) is 21.7. The zero-order valence-corrected chi connectivity index (χ0v) is 19.1. The summed E-state index contributed by atoms with van der Waals surface area (Å²) in [6.07, 6.45) is 3.15. The van der Waals surface area contributed by atoms with Crippen molar-refractivity contribution in [3.05, 3.63) is 12.4 Å². The van der Waals surface area contributed by atoms with Gasteiger partial charge in [-0.1, -0.05) is 0 Å². The van der Waals surface area contributed by atoms with Crippen LogP contribution in [0.1, 0.15) is 47.0 Å². The number of hydrogen-bond donors (Lipinski definition) is 2. The largest absolute Gasteiger partial charge is 0.498 e. The first-order chi connectivity index (χ1) is 14.4. The van der Waals surface area contributed by atoms with Gasteiger partial charge in [-0.25, -0.2) is 18.4 Å². The van der Waals surface area contributed by atoms with Gasteiger partial charge in [0, 0.05) is 30.4 Å². The monoisotopic (exact) mass is 455 g/mol. The fourth-order valence-electron chi connectivity index (χ4n) is 3.65. The second-order valence-electron chi connectivity index (χ2n) is 9.05. The van der Waals surface area contributed by atoms with E-state index in [1.54, 1.807) is 0 Å². The highest BCUT2D eigenvalue weighted by Crippen LogP contribution is 2.36. The Balaban J connectivity index is 1.74. The van der Waals surface area contributed by atoms with Crippen molar-refractivity contribution >= 4 is 28.3 Å². The number of piperidine rings is 1. The maximum absolute atomic E-state index is 12.9. The van der Waals surface area contributed by atoms with Gasteiger partial charge >= 0.3 is 7.12 Å². The van der Waals surface area contributed by atoms with Gasteiger partial charge in [0.15, 0.2) is 6.10 Å². The fourth-order valence-corrected chi connectivity index (χ4v) is 5.08. The van der Waals surface area contributed by atoms with Crippen molar-refractivity contribution in [2.45, 2.75) is 75.5 Å². The topological polar surface area (TPSA) is 139 Å². The van der Waals surface area contributed by atoms with Crippen LogP contribution in [0.4, 0.5) is 0 Å². The lowest BCUT2D eigenvalue weighted by molar-refractivity contribution is -0.145. The van der Waals surface area contributed by atoms with Crippen LogP contribution in [-0.4, -0.2) is 88.8 Å². The van der Waals surface area contributed by atoms with Crippen molar-refractivity contribution in [3.8, 4) is 0 Å². The lowest BCUT2D eigenvalue weighted by atomic mass is 9.81. The SMILES string of the molecule is CC1(C)OB(c2cnc(S(=O)(=O)C[C@H]3CCCCN3C(=O)[C@@H](O)CO)nc2)OC1(C)C. The number of sulfone groups is 1. The third-order valence-electron chi connectivity index (χ3n) is 6.23. The average molecular weight is 455 g/mol. The van der Waals surface area contributed by atoms with Crippen molar-refractivity contribution in [1.82, 2.24) is 14.9 Å². The standard InChI is InChI=1S/C19H30BN3O7S/c1-18(2)19(3,4)30-20(29-18)13-9-21-17(22-10-13)31(27,28)12-14-7-5-6-8-23(14)16(26)15(25)11-24/h9-10,14-15,24-25H,5-8,11-12H2,1-4H3/t14-,15+/m1/s1. The molecule has 0 spiro atoms. The van der Waals surface area contributed by atoms with Crippen LogP contribution >= 0.6 is 0 Å². The van der Waals surface area contributed by atoms with Gasteiger partial charge in [0.2, 0.25) is 15.0 Å². The predicted octanol–water partition coefficient (Wildman–Crippen LogP) is -0.716. The first-order valence-corrected chi connectivity index (χ1v) is 12.0. The molecule has 0 bridgehead atoms. The van der Waals surface area contributed by atoms with Gasteiger partial charge in [-0.2, -0.15) is 0 Å². The molecule has 2 atom stereocenters. The van der Waals surface area contributed by atoms with Crippen LogP contribution in [0, 0.1) is 0 Å². The highest BCUT2D eigenvalue weighted by Gasteiger charge is 2.52. The van der Waals surface area contributed by atoms with Crippen LogP contribution in [0.3, 0.4) is 0 Å². The molecule has 3 heterocycles. The number of carbonyl (C=O) groups excluding carboxylic acids is 1. The summed E-state index contributed by atoms with van der Waals surface area (Å²) in [6.45, 7) is 7.28. The molecule has 0 aliphatic carbocycles. The smallest absolute Gasteiger partial charge is 0.399 e. The van der Waals surface area contributed by atoms with Gasteiger partial charge in [0.05, 0.1) is 23.6 Å². The molecule has 2 aliphatic rings. The summed E-state index contributed by atoms with van der Waals surface area (Å²) >= 11 is 0. The highest BCUT2D eigenvalue weighted by atomic mass is 32.2. The Morgan fingerprint density at radius 1 is 1.23 bits per heavy atom. The Hall–Kier alpha value is -1.60. The second kappa shape index (κ2) is 8.74. The molecule has 2 aliphatic heterocycles. The number of nitrogens with zero attached hydrogens (tertiary/aromatic N) is 3. The van der Waals surface area contributed by atoms with Gasteiger partial charge < -0.3 is 24.4 Å². The van der Waals surface area contributed by atoms with Gasteiger partial charge in [-0.05, 0) is 47.0 Å². The molecule has 1 aromatic rings. The lowest BCUT2D eigenvalue weighted by Crippen LogP contribution is -2.51. The zero-order chi connectivity index (χ0) is 23.0. The Bertz CT molecular complexity index is 892.